The third kappa shape index (κ3) is 4.00. The number of hydrogen-bond donors (Lipinski definition) is 1. The first-order valence-electron chi connectivity index (χ1n) is 10.8. The van der Waals surface area contributed by atoms with E-state index in [0.717, 1.165) is 5.52 Å². The van der Waals surface area contributed by atoms with Gasteiger partial charge in [0, 0.05) is 20.3 Å². The Morgan fingerprint density at radius 1 is 1.18 bits per heavy atom. The predicted octanol–water partition coefficient (Wildman–Crippen LogP) is 2.90. The maximum atomic E-state index is 13.7. The van der Waals surface area contributed by atoms with Crippen LogP contribution < -0.4 is 9.64 Å². The zero-order valence-electron chi connectivity index (χ0n) is 18.9. The van der Waals surface area contributed by atoms with E-state index in [-0.39, 0.29) is 24.0 Å². The Hall–Kier alpha value is -3.59. The molecule has 174 valence electrons. The second kappa shape index (κ2) is 9.50. The Morgan fingerprint density at radius 2 is 1.97 bits per heavy atom. The van der Waals surface area contributed by atoms with Crippen LogP contribution in [-0.4, -0.2) is 60.5 Å². The van der Waals surface area contributed by atoms with Gasteiger partial charge in [-0.1, -0.05) is 18.2 Å². The van der Waals surface area contributed by atoms with Gasteiger partial charge in [0.15, 0.2) is 17.4 Å². The third-order valence-corrected chi connectivity index (χ3v) is 5.76. The summed E-state index contributed by atoms with van der Waals surface area (Å²) in [5.41, 5.74) is 2.11. The van der Waals surface area contributed by atoms with E-state index < -0.39 is 17.9 Å². The van der Waals surface area contributed by atoms with Crippen LogP contribution in [0.5, 0.6) is 11.5 Å². The largest absolute Gasteiger partial charge is 0.504 e. The van der Waals surface area contributed by atoms with Crippen LogP contribution in [0.2, 0.25) is 0 Å². The van der Waals surface area contributed by atoms with E-state index >= 15 is 0 Å². The molecule has 1 aliphatic rings. The maximum absolute atomic E-state index is 13.7. The van der Waals surface area contributed by atoms with E-state index in [4.69, 9.17) is 19.2 Å². The summed E-state index contributed by atoms with van der Waals surface area (Å²) in [6, 6.07) is 11.6. The number of para-hydroxylation sites is 2. The van der Waals surface area contributed by atoms with Crippen LogP contribution in [0.4, 0.5) is 5.95 Å². The van der Waals surface area contributed by atoms with Crippen molar-refractivity contribution in [3.63, 3.8) is 0 Å². The molecule has 0 aliphatic carbocycles. The first-order valence-corrected chi connectivity index (χ1v) is 10.8. The molecule has 0 saturated heterocycles. The van der Waals surface area contributed by atoms with E-state index in [0.29, 0.717) is 36.6 Å². The maximum Gasteiger partial charge on any atom is 0.321 e. The number of nitrogens with zero attached hydrogens (tertiary/aromatic N) is 3. The van der Waals surface area contributed by atoms with Crippen molar-refractivity contribution in [1.29, 1.82) is 0 Å². The molecule has 1 aliphatic heterocycles. The van der Waals surface area contributed by atoms with Gasteiger partial charge in [-0.15, -0.1) is 0 Å². The van der Waals surface area contributed by atoms with Crippen molar-refractivity contribution in [2.45, 2.75) is 19.4 Å². The number of benzene rings is 2. The lowest BCUT2D eigenvalue weighted by molar-refractivity contribution is -0.153. The van der Waals surface area contributed by atoms with Crippen LogP contribution in [0.25, 0.3) is 11.0 Å². The van der Waals surface area contributed by atoms with E-state index in [2.05, 4.69) is 0 Å². The second-order valence-electron chi connectivity index (χ2n) is 7.71. The number of phenolic OH excluding ortho intramolecular Hbond substituents is 1. The first kappa shape index (κ1) is 22.6. The number of esters is 1. The fourth-order valence-electron chi connectivity index (χ4n) is 4.31. The summed E-state index contributed by atoms with van der Waals surface area (Å²) in [7, 11) is 3.05. The highest BCUT2D eigenvalue weighted by Gasteiger charge is 2.47. The molecule has 0 saturated carbocycles. The lowest BCUT2D eigenvalue weighted by atomic mass is 9.89. The van der Waals surface area contributed by atoms with Gasteiger partial charge in [-0.05, 0) is 43.2 Å². The van der Waals surface area contributed by atoms with Crippen LogP contribution in [0.1, 0.15) is 24.9 Å². The Kier molecular flexibility index (Phi) is 6.50. The van der Waals surface area contributed by atoms with Crippen LogP contribution in [0.3, 0.4) is 0 Å². The minimum absolute atomic E-state index is 0.0343. The number of ether oxygens (including phenoxy) is 3. The number of rotatable bonds is 8. The number of anilines is 1. The molecule has 33 heavy (non-hydrogen) atoms. The predicted molar refractivity (Wildman–Crippen MR) is 121 cm³/mol. The quantitative estimate of drug-likeness (QED) is 0.318. The van der Waals surface area contributed by atoms with Gasteiger partial charge in [0.05, 0.1) is 30.8 Å². The van der Waals surface area contributed by atoms with Gasteiger partial charge < -0.3 is 23.9 Å². The van der Waals surface area contributed by atoms with Gasteiger partial charge in [0.25, 0.3) is 0 Å². The lowest BCUT2D eigenvalue weighted by Crippen LogP contribution is -2.50. The van der Waals surface area contributed by atoms with Gasteiger partial charge in [-0.25, -0.2) is 4.98 Å². The summed E-state index contributed by atoms with van der Waals surface area (Å²) >= 11 is 0. The molecule has 1 N–H and O–H groups in total. The summed E-state index contributed by atoms with van der Waals surface area (Å²) in [5, 5.41) is 10.1. The van der Waals surface area contributed by atoms with E-state index in [1.165, 1.54) is 18.1 Å². The van der Waals surface area contributed by atoms with E-state index in [9.17, 15) is 14.7 Å². The fourth-order valence-corrected chi connectivity index (χ4v) is 4.31. The second-order valence-corrected chi connectivity index (χ2v) is 7.71. The van der Waals surface area contributed by atoms with Gasteiger partial charge in [0.1, 0.15) is 0 Å². The molecule has 2 atom stereocenters. The minimum atomic E-state index is -1.13. The highest BCUT2D eigenvalue weighted by molar-refractivity contribution is 6.08. The summed E-state index contributed by atoms with van der Waals surface area (Å²) in [4.78, 5) is 33.1. The molecule has 0 spiro atoms. The van der Waals surface area contributed by atoms with Crippen molar-refractivity contribution in [3.8, 4) is 11.5 Å². The fraction of sp³-hybridized carbons (Fsp3) is 0.375. The van der Waals surface area contributed by atoms with Crippen LogP contribution in [0.15, 0.2) is 42.5 Å². The monoisotopic (exact) mass is 453 g/mol. The van der Waals surface area contributed by atoms with Crippen molar-refractivity contribution in [3.05, 3.63) is 48.0 Å². The standard InChI is InChI=1S/C24H27N3O6/c1-4-33-23(30)20-21(15-10-11-18(28)19(14-15)32-3)27-17-9-6-5-8-16(17)25-24(27)26(22(20)29)12-7-13-31-2/h5-6,8-11,14,20-21,28H,4,7,12-13H2,1-3H3. The SMILES string of the molecule is CCOC(=O)C1C(=O)N(CCCOC)c2nc3ccccc3n2C1c1ccc(O)c(OC)c1. The molecule has 0 fully saturated rings. The van der Waals surface area contributed by atoms with E-state index in [1.807, 2.05) is 28.8 Å². The molecular formula is C24H27N3O6. The number of aromatic nitrogens is 2. The molecule has 9 nitrogen and oxygen atoms in total. The van der Waals surface area contributed by atoms with Gasteiger partial charge in [0.2, 0.25) is 11.9 Å². The smallest absolute Gasteiger partial charge is 0.321 e. The van der Waals surface area contributed by atoms with Crippen molar-refractivity contribution < 1.29 is 28.9 Å². The van der Waals surface area contributed by atoms with Gasteiger partial charge >= 0.3 is 5.97 Å². The average Bonchev–Trinajstić information content (AvgIpc) is 3.19. The number of phenols is 1. The molecule has 2 aromatic carbocycles. The van der Waals surface area contributed by atoms with Crippen molar-refractivity contribution >= 4 is 28.9 Å². The third-order valence-electron chi connectivity index (χ3n) is 5.76. The number of imidazole rings is 1. The van der Waals surface area contributed by atoms with Crippen molar-refractivity contribution in [2.24, 2.45) is 5.92 Å². The Morgan fingerprint density at radius 3 is 2.70 bits per heavy atom. The zero-order chi connectivity index (χ0) is 23.5. The van der Waals surface area contributed by atoms with E-state index in [1.54, 1.807) is 26.2 Å². The number of fused-ring (bicyclic) bond motifs is 3. The Balaban J connectivity index is 1.96. The molecule has 9 heteroatoms. The average molecular weight is 453 g/mol. The topological polar surface area (TPSA) is 103 Å². The molecular weight excluding hydrogens is 426 g/mol. The molecule has 2 unspecified atom stereocenters. The zero-order valence-corrected chi connectivity index (χ0v) is 18.9. The Bertz CT molecular complexity index is 1170. The summed E-state index contributed by atoms with van der Waals surface area (Å²) < 4.78 is 17.7. The highest BCUT2D eigenvalue weighted by atomic mass is 16.5. The molecule has 2 heterocycles. The highest BCUT2D eigenvalue weighted by Crippen LogP contribution is 2.43. The number of carbonyl (C=O) groups is 2. The van der Waals surface area contributed by atoms with Crippen molar-refractivity contribution in [2.75, 3.05) is 38.9 Å². The lowest BCUT2D eigenvalue weighted by Gasteiger charge is -2.38. The molecule has 0 bridgehead atoms. The number of methoxy groups -OCH3 is 2. The van der Waals surface area contributed by atoms with Crippen LogP contribution in [0, 0.1) is 5.92 Å². The molecule has 4 rings (SSSR count). The van der Waals surface area contributed by atoms with Crippen LogP contribution in [-0.2, 0) is 19.1 Å². The first-order chi connectivity index (χ1) is 16.0. The summed E-state index contributed by atoms with van der Waals surface area (Å²) in [5.74, 6) is -1.46. The van der Waals surface area contributed by atoms with Crippen molar-refractivity contribution in [1.82, 2.24) is 9.55 Å². The van der Waals surface area contributed by atoms with Gasteiger partial charge in [-0.3, -0.25) is 14.5 Å². The number of amides is 1. The number of aromatic hydroxyl groups is 1. The Labute approximate surface area is 191 Å². The molecule has 3 aromatic rings. The normalized spacial score (nSPS) is 17.8. The molecule has 1 aromatic heterocycles. The van der Waals surface area contributed by atoms with Gasteiger partial charge in [-0.2, -0.15) is 0 Å². The summed E-state index contributed by atoms with van der Waals surface area (Å²) in [6.07, 6.45) is 0.582. The molecule has 0 radical (unpaired) electrons. The molecule has 1 amide bonds. The summed E-state index contributed by atoms with van der Waals surface area (Å²) in [6.45, 7) is 2.66. The number of carbonyl (C=O) groups excluding carboxylic acids is 2. The minimum Gasteiger partial charge on any atom is -0.504 e. The number of hydrogen-bond acceptors (Lipinski definition) is 7. The van der Waals surface area contributed by atoms with Crippen LogP contribution >= 0.6 is 0 Å².